The third kappa shape index (κ3) is 5.48. The van der Waals surface area contributed by atoms with E-state index in [9.17, 15) is 4.79 Å². The van der Waals surface area contributed by atoms with E-state index < -0.39 is 0 Å². The molecule has 0 aliphatic rings. The molecule has 1 N–H and O–H groups in total. The van der Waals surface area contributed by atoms with Crippen molar-refractivity contribution in [1.29, 1.82) is 0 Å². The predicted molar refractivity (Wildman–Crippen MR) is 134 cm³/mol. The van der Waals surface area contributed by atoms with E-state index in [1.165, 1.54) is 11.8 Å². The van der Waals surface area contributed by atoms with Crippen molar-refractivity contribution in [2.45, 2.75) is 38.1 Å². The highest BCUT2D eigenvalue weighted by Gasteiger charge is 2.22. The summed E-state index contributed by atoms with van der Waals surface area (Å²) in [4.78, 5) is 22.3. The van der Waals surface area contributed by atoms with Gasteiger partial charge in [-0.25, -0.2) is 14.6 Å². The Bertz CT molecular complexity index is 1270. The SMILES string of the molecule is CCc1ccccc1NC(=O)c1nnn(-c2ccc(Br)cc2)c1CSc1nc(C)cc(C)n1. The van der Waals surface area contributed by atoms with Crippen LogP contribution >= 0.6 is 27.7 Å². The van der Waals surface area contributed by atoms with Crippen LogP contribution in [0.1, 0.15) is 40.1 Å². The van der Waals surface area contributed by atoms with Crippen molar-refractivity contribution in [3.63, 3.8) is 0 Å². The Balaban J connectivity index is 1.68. The molecule has 9 heteroatoms. The summed E-state index contributed by atoms with van der Waals surface area (Å²) in [6, 6.07) is 17.4. The molecular weight excluding hydrogens is 500 g/mol. The molecule has 0 saturated carbocycles. The standard InChI is InChI=1S/C24H23BrN6OS/c1-4-17-7-5-6-8-20(17)28-23(32)22-21(14-33-24-26-15(2)13-16(3)27-24)31(30-29-22)19-11-9-18(25)10-12-19/h5-13H,4,14H2,1-3H3,(H,28,32). The van der Waals surface area contributed by atoms with Gasteiger partial charge in [0, 0.05) is 27.3 Å². The van der Waals surface area contributed by atoms with Crippen LogP contribution in [-0.2, 0) is 12.2 Å². The van der Waals surface area contributed by atoms with E-state index in [0.29, 0.717) is 16.6 Å². The second-order valence-corrected chi connectivity index (χ2v) is 9.32. The van der Waals surface area contributed by atoms with Crippen LogP contribution in [-0.4, -0.2) is 30.9 Å². The minimum atomic E-state index is -0.295. The fourth-order valence-electron chi connectivity index (χ4n) is 3.42. The van der Waals surface area contributed by atoms with Gasteiger partial charge in [0.05, 0.1) is 11.4 Å². The van der Waals surface area contributed by atoms with E-state index in [1.54, 1.807) is 4.68 Å². The summed E-state index contributed by atoms with van der Waals surface area (Å²) in [6.07, 6.45) is 0.814. The zero-order valence-electron chi connectivity index (χ0n) is 18.5. The van der Waals surface area contributed by atoms with Gasteiger partial charge in [-0.15, -0.1) is 5.10 Å². The largest absolute Gasteiger partial charge is 0.320 e. The molecule has 0 bridgehead atoms. The number of halogens is 1. The number of para-hydroxylation sites is 1. The van der Waals surface area contributed by atoms with Crippen molar-refractivity contribution in [3.05, 3.63) is 87.4 Å². The van der Waals surface area contributed by atoms with Crippen molar-refractivity contribution in [3.8, 4) is 5.69 Å². The molecule has 0 aliphatic carbocycles. The molecule has 33 heavy (non-hydrogen) atoms. The maximum atomic E-state index is 13.2. The van der Waals surface area contributed by atoms with Crippen molar-refractivity contribution in [1.82, 2.24) is 25.0 Å². The number of thioether (sulfide) groups is 1. The number of hydrogen-bond acceptors (Lipinski definition) is 6. The van der Waals surface area contributed by atoms with Gasteiger partial charge in [-0.2, -0.15) is 0 Å². The molecule has 1 amide bonds. The molecule has 0 aliphatic heterocycles. The van der Waals surface area contributed by atoms with Gasteiger partial charge < -0.3 is 5.32 Å². The first-order valence-electron chi connectivity index (χ1n) is 10.5. The summed E-state index contributed by atoms with van der Waals surface area (Å²) in [7, 11) is 0. The minimum Gasteiger partial charge on any atom is -0.320 e. The van der Waals surface area contributed by atoms with Gasteiger partial charge in [0.2, 0.25) is 0 Å². The highest BCUT2D eigenvalue weighted by Crippen LogP contribution is 2.25. The monoisotopic (exact) mass is 522 g/mol. The maximum Gasteiger partial charge on any atom is 0.278 e. The van der Waals surface area contributed by atoms with Gasteiger partial charge in [-0.05, 0) is 62.2 Å². The summed E-state index contributed by atoms with van der Waals surface area (Å²) in [5.74, 6) is 0.139. The Morgan fingerprint density at radius 1 is 1.06 bits per heavy atom. The lowest BCUT2D eigenvalue weighted by atomic mass is 10.1. The van der Waals surface area contributed by atoms with Gasteiger partial charge in [0.25, 0.3) is 5.91 Å². The summed E-state index contributed by atoms with van der Waals surface area (Å²) < 4.78 is 2.66. The second-order valence-electron chi connectivity index (χ2n) is 7.46. The van der Waals surface area contributed by atoms with Crippen LogP contribution in [0.3, 0.4) is 0 Å². The number of hydrogen-bond donors (Lipinski definition) is 1. The van der Waals surface area contributed by atoms with Crippen LogP contribution in [0.4, 0.5) is 5.69 Å². The Hall–Kier alpha value is -3.04. The van der Waals surface area contributed by atoms with Crippen LogP contribution in [0.2, 0.25) is 0 Å². The number of carbonyl (C=O) groups excluding carboxylic acids is 1. The predicted octanol–water partition coefficient (Wildman–Crippen LogP) is 5.54. The van der Waals surface area contributed by atoms with Crippen molar-refractivity contribution >= 4 is 39.3 Å². The third-order valence-corrected chi connectivity index (χ3v) is 6.38. The van der Waals surface area contributed by atoms with Crippen LogP contribution in [0.25, 0.3) is 5.69 Å². The van der Waals surface area contributed by atoms with E-state index >= 15 is 0 Å². The average Bonchev–Trinajstić information content (AvgIpc) is 3.22. The quantitative estimate of drug-likeness (QED) is 0.253. The molecule has 0 atom stereocenters. The molecule has 0 saturated heterocycles. The van der Waals surface area contributed by atoms with E-state index in [0.717, 1.165) is 39.2 Å². The number of rotatable bonds is 7. The van der Waals surface area contributed by atoms with Crippen LogP contribution in [0.15, 0.2) is 64.2 Å². The lowest BCUT2D eigenvalue weighted by Gasteiger charge is -2.11. The van der Waals surface area contributed by atoms with Crippen molar-refractivity contribution in [2.24, 2.45) is 0 Å². The third-order valence-electron chi connectivity index (χ3n) is 5.00. The molecule has 0 spiro atoms. The first-order chi connectivity index (χ1) is 15.9. The summed E-state index contributed by atoms with van der Waals surface area (Å²) in [6.45, 7) is 5.94. The Morgan fingerprint density at radius 2 is 1.76 bits per heavy atom. The number of nitrogens with one attached hydrogen (secondary N) is 1. The first kappa shape index (κ1) is 23.1. The Labute approximate surface area is 205 Å². The molecule has 0 radical (unpaired) electrons. The Kier molecular flexibility index (Phi) is 7.20. The fourth-order valence-corrected chi connectivity index (χ4v) is 4.63. The average molecular weight is 523 g/mol. The van der Waals surface area contributed by atoms with E-state index in [1.807, 2.05) is 68.4 Å². The van der Waals surface area contributed by atoms with Crippen molar-refractivity contribution in [2.75, 3.05) is 5.32 Å². The lowest BCUT2D eigenvalue weighted by Crippen LogP contribution is -2.16. The number of aryl methyl sites for hydroxylation is 3. The number of nitrogens with zero attached hydrogens (tertiary/aromatic N) is 5. The molecule has 4 aromatic rings. The van der Waals surface area contributed by atoms with Gasteiger partial charge >= 0.3 is 0 Å². The number of anilines is 1. The maximum absolute atomic E-state index is 13.2. The molecule has 2 heterocycles. The van der Waals surface area contributed by atoms with Crippen LogP contribution < -0.4 is 5.32 Å². The second kappa shape index (κ2) is 10.3. The molecule has 7 nitrogen and oxygen atoms in total. The number of amides is 1. The summed E-state index contributed by atoms with van der Waals surface area (Å²) >= 11 is 4.91. The molecule has 0 fully saturated rings. The molecule has 2 aromatic carbocycles. The van der Waals surface area contributed by atoms with Gasteiger partial charge in [-0.3, -0.25) is 4.79 Å². The zero-order valence-corrected chi connectivity index (χ0v) is 20.9. The molecule has 2 aromatic heterocycles. The number of aromatic nitrogens is 5. The zero-order chi connectivity index (χ0) is 23.4. The van der Waals surface area contributed by atoms with Crippen LogP contribution in [0.5, 0.6) is 0 Å². The summed E-state index contributed by atoms with van der Waals surface area (Å²) in [5.41, 5.74) is 5.41. The minimum absolute atomic E-state index is 0.278. The summed E-state index contributed by atoms with van der Waals surface area (Å²) in [5, 5.41) is 12.2. The molecule has 168 valence electrons. The highest BCUT2D eigenvalue weighted by atomic mass is 79.9. The van der Waals surface area contributed by atoms with Crippen molar-refractivity contribution < 1.29 is 4.79 Å². The Morgan fingerprint density at radius 3 is 2.45 bits per heavy atom. The highest BCUT2D eigenvalue weighted by molar-refractivity contribution is 9.10. The van der Waals surface area contributed by atoms with E-state index in [-0.39, 0.29) is 11.6 Å². The molecule has 0 unspecified atom stereocenters. The van der Waals surface area contributed by atoms with Gasteiger partial charge in [0.15, 0.2) is 10.9 Å². The molecular formula is C24H23BrN6OS. The fraction of sp³-hybridized carbons (Fsp3) is 0.208. The number of carbonyl (C=O) groups is 1. The van der Waals surface area contributed by atoms with Gasteiger partial charge in [-0.1, -0.05) is 58.0 Å². The van der Waals surface area contributed by atoms with E-state index in [4.69, 9.17) is 0 Å². The topological polar surface area (TPSA) is 85.6 Å². The van der Waals surface area contributed by atoms with E-state index in [2.05, 4.69) is 48.5 Å². The lowest BCUT2D eigenvalue weighted by molar-refractivity contribution is 0.102. The molecule has 4 rings (SSSR count). The number of benzene rings is 2. The smallest absolute Gasteiger partial charge is 0.278 e. The first-order valence-corrected chi connectivity index (χ1v) is 12.3. The van der Waals surface area contributed by atoms with Gasteiger partial charge in [0.1, 0.15) is 0 Å². The van der Waals surface area contributed by atoms with Crippen LogP contribution in [0, 0.1) is 13.8 Å². The normalized spacial score (nSPS) is 10.9.